The molecular weight excluding hydrogens is 397 g/mol. The van der Waals surface area contributed by atoms with E-state index in [-0.39, 0.29) is 5.56 Å². The van der Waals surface area contributed by atoms with E-state index in [9.17, 15) is 22.8 Å². The van der Waals surface area contributed by atoms with Crippen LogP contribution in [0.1, 0.15) is 26.3 Å². The maximum absolute atomic E-state index is 12.3. The summed E-state index contributed by atoms with van der Waals surface area (Å²) in [5, 5.41) is 1.89. The molecule has 0 aromatic heterocycles. The zero-order chi connectivity index (χ0) is 21.7. The minimum atomic E-state index is -4.44. The van der Waals surface area contributed by atoms with Crippen LogP contribution in [0.15, 0.2) is 48.5 Å². The van der Waals surface area contributed by atoms with Crippen molar-refractivity contribution in [2.24, 2.45) is 5.73 Å². The van der Waals surface area contributed by atoms with Gasteiger partial charge < -0.3 is 16.0 Å². The fourth-order valence-electron chi connectivity index (χ4n) is 3.35. The lowest BCUT2D eigenvalue weighted by atomic mass is 10.1. The zero-order valence-electron chi connectivity index (χ0n) is 16.3. The van der Waals surface area contributed by atoms with E-state index in [1.165, 1.54) is 6.07 Å². The highest BCUT2D eigenvalue weighted by atomic mass is 19.4. The average Bonchev–Trinajstić information content (AvgIpc) is 2.72. The quantitative estimate of drug-likeness (QED) is 0.752. The lowest BCUT2D eigenvalue weighted by molar-refractivity contribution is -0.123. The Kier molecular flexibility index (Phi) is 6.61. The molecule has 2 aromatic carbocycles. The average molecular weight is 420 g/mol. The summed E-state index contributed by atoms with van der Waals surface area (Å²) in [6.07, 6.45) is -4.44. The van der Waals surface area contributed by atoms with Gasteiger partial charge in [0.05, 0.1) is 0 Å². The van der Waals surface area contributed by atoms with Crippen LogP contribution in [0.3, 0.4) is 0 Å². The molecule has 1 fully saturated rings. The van der Waals surface area contributed by atoms with Crippen molar-refractivity contribution in [1.29, 1.82) is 0 Å². The van der Waals surface area contributed by atoms with Crippen LogP contribution >= 0.6 is 0 Å². The molecule has 30 heavy (non-hydrogen) atoms. The number of hydrogen-bond acceptors (Lipinski definition) is 4. The van der Waals surface area contributed by atoms with Gasteiger partial charge in [0.2, 0.25) is 5.91 Å². The minimum Gasteiger partial charge on any atom is -0.369 e. The largest absolute Gasteiger partial charge is 0.405 e. The standard InChI is InChI=1S/C21H23F3N4O2/c22-21(23,24)14-26-20(30)17-3-1-2-15(12-17)13-27-8-10-28(11-9-27)18-6-4-16(5-7-18)19(25)29/h1-7,12H,8-11,13-14H2,(H2,25,29)(H,26,30). The van der Waals surface area contributed by atoms with Gasteiger partial charge in [0.25, 0.3) is 5.91 Å². The van der Waals surface area contributed by atoms with E-state index < -0.39 is 24.5 Å². The summed E-state index contributed by atoms with van der Waals surface area (Å²) in [7, 11) is 0. The molecule has 9 heteroatoms. The number of halogens is 3. The van der Waals surface area contributed by atoms with Gasteiger partial charge in [-0.2, -0.15) is 13.2 Å². The fourth-order valence-corrected chi connectivity index (χ4v) is 3.35. The molecule has 0 radical (unpaired) electrons. The van der Waals surface area contributed by atoms with Crippen LogP contribution in [-0.2, 0) is 6.54 Å². The Labute approximate surface area is 172 Å². The van der Waals surface area contributed by atoms with Crippen molar-refractivity contribution in [3.05, 3.63) is 65.2 Å². The predicted molar refractivity (Wildman–Crippen MR) is 107 cm³/mol. The van der Waals surface area contributed by atoms with Crippen LogP contribution in [-0.4, -0.2) is 55.6 Å². The third kappa shape index (κ3) is 5.96. The molecule has 3 N–H and O–H groups in total. The lowest BCUT2D eigenvalue weighted by Gasteiger charge is -2.36. The Morgan fingerprint density at radius 2 is 1.63 bits per heavy atom. The summed E-state index contributed by atoms with van der Waals surface area (Å²) in [6, 6.07) is 13.8. The van der Waals surface area contributed by atoms with Gasteiger partial charge in [0.1, 0.15) is 6.54 Å². The molecule has 0 unspecified atom stereocenters. The molecule has 2 amide bonds. The molecule has 0 atom stereocenters. The van der Waals surface area contributed by atoms with Crippen LogP contribution < -0.4 is 16.0 Å². The molecule has 0 aliphatic carbocycles. The second-order valence-electron chi connectivity index (χ2n) is 7.17. The third-order valence-corrected chi connectivity index (χ3v) is 4.93. The van der Waals surface area contributed by atoms with E-state index in [2.05, 4.69) is 9.80 Å². The first-order chi connectivity index (χ1) is 14.2. The summed E-state index contributed by atoms with van der Waals surface area (Å²) >= 11 is 0. The highest BCUT2D eigenvalue weighted by Crippen LogP contribution is 2.19. The molecule has 0 bridgehead atoms. The van der Waals surface area contributed by atoms with Crippen LogP contribution in [0, 0.1) is 0 Å². The number of nitrogens with one attached hydrogen (secondary N) is 1. The van der Waals surface area contributed by atoms with Crippen molar-refractivity contribution in [3.8, 4) is 0 Å². The van der Waals surface area contributed by atoms with Gasteiger partial charge in [-0.15, -0.1) is 0 Å². The molecule has 2 aromatic rings. The van der Waals surface area contributed by atoms with Gasteiger partial charge >= 0.3 is 6.18 Å². The van der Waals surface area contributed by atoms with Crippen molar-refractivity contribution in [1.82, 2.24) is 10.2 Å². The van der Waals surface area contributed by atoms with Gasteiger partial charge in [-0.1, -0.05) is 12.1 Å². The topological polar surface area (TPSA) is 78.7 Å². The monoisotopic (exact) mass is 420 g/mol. The Hall–Kier alpha value is -3.07. The summed E-state index contributed by atoms with van der Waals surface area (Å²) in [6.45, 7) is 2.43. The second kappa shape index (κ2) is 9.17. The molecule has 0 saturated carbocycles. The van der Waals surface area contributed by atoms with Crippen LogP contribution in [0.4, 0.5) is 18.9 Å². The normalized spacial score (nSPS) is 15.1. The maximum atomic E-state index is 12.3. The summed E-state index contributed by atoms with van der Waals surface area (Å²) in [5.41, 5.74) is 7.83. The summed E-state index contributed by atoms with van der Waals surface area (Å²) in [5.74, 6) is -1.20. The smallest absolute Gasteiger partial charge is 0.369 e. The van der Waals surface area contributed by atoms with Crippen molar-refractivity contribution < 1.29 is 22.8 Å². The second-order valence-corrected chi connectivity index (χ2v) is 7.17. The van der Waals surface area contributed by atoms with E-state index in [4.69, 9.17) is 5.73 Å². The fraction of sp³-hybridized carbons (Fsp3) is 0.333. The lowest BCUT2D eigenvalue weighted by Crippen LogP contribution is -2.46. The Morgan fingerprint density at radius 3 is 2.23 bits per heavy atom. The van der Waals surface area contributed by atoms with Gasteiger partial charge in [0.15, 0.2) is 0 Å². The van der Waals surface area contributed by atoms with Crippen molar-refractivity contribution in [2.45, 2.75) is 12.7 Å². The Morgan fingerprint density at radius 1 is 0.967 bits per heavy atom. The van der Waals surface area contributed by atoms with Gasteiger partial charge in [0, 0.05) is 49.5 Å². The number of rotatable bonds is 6. The number of nitrogens with two attached hydrogens (primary N) is 1. The Balaban J connectivity index is 1.53. The molecule has 1 heterocycles. The number of benzene rings is 2. The SMILES string of the molecule is NC(=O)c1ccc(N2CCN(Cc3cccc(C(=O)NCC(F)(F)F)c3)CC2)cc1. The van der Waals surface area contributed by atoms with E-state index in [0.29, 0.717) is 12.1 Å². The summed E-state index contributed by atoms with van der Waals surface area (Å²) in [4.78, 5) is 27.6. The zero-order valence-corrected chi connectivity index (χ0v) is 16.3. The molecule has 1 aliphatic heterocycles. The first kappa shape index (κ1) is 21.6. The van der Waals surface area contributed by atoms with Crippen LogP contribution in [0.2, 0.25) is 0 Å². The first-order valence-corrected chi connectivity index (χ1v) is 9.52. The van der Waals surface area contributed by atoms with Gasteiger partial charge in [-0.3, -0.25) is 14.5 Å². The molecule has 6 nitrogen and oxygen atoms in total. The number of alkyl halides is 3. The van der Waals surface area contributed by atoms with E-state index in [1.807, 2.05) is 23.5 Å². The molecule has 1 aliphatic rings. The number of anilines is 1. The Bertz CT molecular complexity index is 892. The minimum absolute atomic E-state index is 0.213. The summed E-state index contributed by atoms with van der Waals surface area (Å²) < 4.78 is 36.9. The maximum Gasteiger partial charge on any atom is 0.405 e. The molecule has 0 spiro atoms. The van der Waals surface area contributed by atoms with Gasteiger partial charge in [-0.25, -0.2) is 0 Å². The highest BCUT2D eigenvalue weighted by Gasteiger charge is 2.28. The number of carbonyl (C=O) groups is 2. The number of piperazine rings is 1. The van der Waals surface area contributed by atoms with E-state index >= 15 is 0 Å². The predicted octanol–water partition coefficient (Wildman–Crippen LogP) is 2.40. The van der Waals surface area contributed by atoms with Crippen molar-refractivity contribution in [2.75, 3.05) is 37.6 Å². The molecular formula is C21H23F3N4O2. The van der Waals surface area contributed by atoms with Crippen molar-refractivity contribution >= 4 is 17.5 Å². The number of amides is 2. The van der Waals surface area contributed by atoms with E-state index in [0.717, 1.165) is 37.4 Å². The van der Waals surface area contributed by atoms with Gasteiger partial charge in [-0.05, 0) is 42.0 Å². The third-order valence-electron chi connectivity index (χ3n) is 4.93. The molecule has 1 saturated heterocycles. The van der Waals surface area contributed by atoms with E-state index in [1.54, 1.807) is 24.3 Å². The first-order valence-electron chi connectivity index (χ1n) is 9.52. The van der Waals surface area contributed by atoms with Crippen LogP contribution in [0.25, 0.3) is 0 Å². The molecule has 160 valence electrons. The highest BCUT2D eigenvalue weighted by molar-refractivity contribution is 5.94. The number of nitrogens with zero attached hydrogens (tertiary/aromatic N) is 2. The number of hydrogen-bond donors (Lipinski definition) is 2. The van der Waals surface area contributed by atoms with Crippen LogP contribution in [0.5, 0.6) is 0 Å². The van der Waals surface area contributed by atoms with Crippen molar-refractivity contribution in [3.63, 3.8) is 0 Å². The molecule has 3 rings (SSSR count). The number of carbonyl (C=O) groups excluding carboxylic acids is 2. The number of primary amides is 1.